The van der Waals surface area contributed by atoms with E-state index in [1.54, 1.807) is 6.92 Å². The highest BCUT2D eigenvalue weighted by Gasteiger charge is 2.10. The third kappa shape index (κ3) is 4.43. The lowest BCUT2D eigenvalue weighted by Crippen LogP contribution is -2.38. The van der Waals surface area contributed by atoms with Gasteiger partial charge >= 0.3 is 6.16 Å². The number of rotatable bonds is 4. The lowest BCUT2D eigenvalue weighted by Gasteiger charge is -2.25. The van der Waals surface area contributed by atoms with Crippen LogP contribution in [0.4, 0.5) is 4.79 Å². The second kappa shape index (κ2) is 6.62. The highest BCUT2D eigenvalue weighted by atomic mass is 16.7. The van der Waals surface area contributed by atoms with Gasteiger partial charge in [-0.2, -0.15) is 0 Å². The van der Waals surface area contributed by atoms with E-state index < -0.39 is 6.16 Å². The fraction of sp³-hybridized carbons (Fsp3) is 0.889. The molecule has 0 spiro atoms. The van der Waals surface area contributed by atoms with Crippen LogP contribution >= 0.6 is 0 Å². The summed E-state index contributed by atoms with van der Waals surface area (Å²) in [6, 6.07) is 0. The van der Waals surface area contributed by atoms with Gasteiger partial charge in [0, 0.05) is 19.6 Å². The highest BCUT2D eigenvalue weighted by Crippen LogP contribution is 1.96. The summed E-state index contributed by atoms with van der Waals surface area (Å²) in [6.45, 7) is 6.60. The molecule has 0 unspecified atom stereocenters. The van der Waals surface area contributed by atoms with Crippen molar-refractivity contribution in [3.63, 3.8) is 0 Å². The van der Waals surface area contributed by atoms with E-state index in [1.807, 2.05) is 0 Å². The van der Waals surface area contributed by atoms with Gasteiger partial charge in [0.25, 0.3) is 0 Å². The van der Waals surface area contributed by atoms with Gasteiger partial charge in [0.15, 0.2) is 0 Å². The average Bonchev–Trinajstić information content (AvgIpc) is 2.20. The molecule has 1 fully saturated rings. The highest BCUT2D eigenvalue weighted by molar-refractivity contribution is 5.59. The van der Waals surface area contributed by atoms with Crippen molar-refractivity contribution in [3.8, 4) is 0 Å². The zero-order chi connectivity index (χ0) is 10.2. The van der Waals surface area contributed by atoms with Crippen LogP contribution in [0.3, 0.4) is 0 Å². The molecular formula is C9H17NO4. The van der Waals surface area contributed by atoms with Crippen molar-refractivity contribution in [2.24, 2.45) is 0 Å². The van der Waals surface area contributed by atoms with E-state index in [2.05, 4.69) is 9.64 Å². The third-order valence-electron chi connectivity index (χ3n) is 1.99. The van der Waals surface area contributed by atoms with Crippen molar-refractivity contribution in [3.05, 3.63) is 0 Å². The molecule has 1 heterocycles. The molecule has 0 aromatic heterocycles. The predicted molar refractivity (Wildman–Crippen MR) is 50.2 cm³/mol. The smallest absolute Gasteiger partial charge is 0.435 e. The van der Waals surface area contributed by atoms with E-state index in [9.17, 15) is 4.79 Å². The van der Waals surface area contributed by atoms with Gasteiger partial charge in [0.1, 0.15) is 6.61 Å². The van der Waals surface area contributed by atoms with Crippen LogP contribution in [0.2, 0.25) is 0 Å². The number of hydrogen-bond acceptors (Lipinski definition) is 5. The average molecular weight is 203 g/mol. The Bertz CT molecular complexity index is 168. The first-order valence-corrected chi connectivity index (χ1v) is 4.92. The first-order valence-electron chi connectivity index (χ1n) is 4.92. The number of morpholine rings is 1. The number of hydrogen-bond donors (Lipinski definition) is 0. The number of carbonyl (C=O) groups excluding carboxylic acids is 1. The van der Waals surface area contributed by atoms with E-state index in [0.29, 0.717) is 13.2 Å². The van der Waals surface area contributed by atoms with Gasteiger partial charge < -0.3 is 14.2 Å². The molecule has 1 aliphatic rings. The topological polar surface area (TPSA) is 48.0 Å². The predicted octanol–water partition coefficient (Wildman–Crippen LogP) is 0.492. The minimum atomic E-state index is -0.583. The molecule has 0 amide bonds. The summed E-state index contributed by atoms with van der Waals surface area (Å²) in [5, 5.41) is 0. The van der Waals surface area contributed by atoms with Crippen LogP contribution in [0, 0.1) is 0 Å². The summed E-state index contributed by atoms with van der Waals surface area (Å²) in [5.41, 5.74) is 0. The molecule has 5 heteroatoms. The Hall–Kier alpha value is -0.810. The Balaban J connectivity index is 1.99. The summed E-state index contributed by atoms with van der Waals surface area (Å²) in [6.07, 6.45) is -0.583. The summed E-state index contributed by atoms with van der Waals surface area (Å²) in [7, 11) is 0. The van der Waals surface area contributed by atoms with Crippen LogP contribution < -0.4 is 0 Å². The standard InChI is InChI=1S/C9H17NO4/c1-2-13-9(11)14-8-5-10-3-6-12-7-4-10/h2-8H2,1H3. The van der Waals surface area contributed by atoms with E-state index in [0.717, 1.165) is 32.8 Å². The molecule has 1 saturated heterocycles. The Kier molecular flexibility index (Phi) is 5.32. The Labute approximate surface area is 83.9 Å². The minimum Gasteiger partial charge on any atom is -0.435 e. The molecule has 1 rings (SSSR count). The fourth-order valence-corrected chi connectivity index (χ4v) is 1.24. The number of ether oxygens (including phenoxy) is 3. The second-order valence-electron chi connectivity index (χ2n) is 2.99. The van der Waals surface area contributed by atoms with Gasteiger partial charge in [0.05, 0.1) is 19.8 Å². The van der Waals surface area contributed by atoms with Gasteiger partial charge in [-0.25, -0.2) is 4.79 Å². The Morgan fingerprint density at radius 3 is 2.71 bits per heavy atom. The lowest BCUT2D eigenvalue weighted by atomic mass is 10.4. The molecule has 1 aliphatic heterocycles. The van der Waals surface area contributed by atoms with Crippen LogP contribution in [0.15, 0.2) is 0 Å². The number of carbonyl (C=O) groups is 1. The summed E-state index contributed by atoms with van der Waals surface area (Å²) in [5.74, 6) is 0. The monoisotopic (exact) mass is 203 g/mol. The quantitative estimate of drug-likeness (QED) is 0.622. The van der Waals surface area contributed by atoms with Crippen molar-refractivity contribution in [1.82, 2.24) is 4.90 Å². The zero-order valence-electron chi connectivity index (χ0n) is 8.53. The molecule has 0 saturated carbocycles. The van der Waals surface area contributed by atoms with E-state index in [1.165, 1.54) is 0 Å². The maximum atomic E-state index is 10.8. The van der Waals surface area contributed by atoms with Crippen LogP contribution in [0.1, 0.15) is 6.92 Å². The first kappa shape index (κ1) is 11.3. The van der Waals surface area contributed by atoms with Gasteiger partial charge in [-0.1, -0.05) is 0 Å². The molecule has 14 heavy (non-hydrogen) atoms. The van der Waals surface area contributed by atoms with Crippen molar-refractivity contribution < 1.29 is 19.0 Å². The maximum absolute atomic E-state index is 10.8. The third-order valence-corrected chi connectivity index (χ3v) is 1.99. The molecular weight excluding hydrogens is 186 g/mol. The minimum absolute atomic E-state index is 0.358. The first-order chi connectivity index (χ1) is 6.83. The van der Waals surface area contributed by atoms with Gasteiger partial charge in [-0.15, -0.1) is 0 Å². The molecule has 0 aromatic rings. The SMILES string of the molecule is CCOC(=O)OCCN1CCOCC1. The second-order valence-corrected chi connectivity index (χ2v) is 2.99. The fourth-order valence-electron chi connectivity index (χ4n) is 1.24. The molecule has 82 valence electrons. The maximum Gasteiger partial charge on any atom is 0.508 e. The van der Waals surface area contributed by atoms with Crippen LogP contribution in [0.5, 0.6) is 0 Å². The van der Waals surface area contributed by atoms with E-state index >= 15 is 0 Å². The van der Waals surface area contributed by atoms with E-state index in [-0.39, 0.29) is 0 Å². The summed E-state index contributed by atoms with van der Waals surface area (Å²) >= 11 is 0. The molecule has 0 aliphatic carbocycles. The number of nitrogens with zero attached hydrogens (tertiary/aromatic N) is 1. The van der Waals surface area contributed by atoms with Crippen LogP contribution in [0.25, 0.3) is 0 Å². The van der Waals surface area contributed by atoms with Crippen LogP contribution in [-0.2, 0) is 14.2 Å². The largest absolute Gasteiger partial charge is 0.508 e. The molecule has 5 nitrogen and oxygen atoms in total. The Morgan fingerprint density at radius 1 is 1.36 bits per heavy atom. The van der Waals surface area contributed by atoms with E-state index in [4.69, 9.17) is 9.47 Å². The molecule has 0 bridgehead atoms. The Morgan fingerprint density at radius 2 is 2.07 bits per heavy atom. The van der Waals surface area contributed by atoms with Gasteiger partial charge in [0.2, 0.25) is 0 Å². The molecule has 0 atom stereocenters. The summed E-state index contributed by atoms with van der Waals surface area (Å²) in [4.78, 5) is 13.0. The van der Waals surface area contributed by atoms with Crippen molar-refractivity contribution >= 4 is 6.16 Å². The van der Waals surface area contributed by atoms with Crippen molar-refractivity contribution in [1.29, 1.82) is 0 Å². The van der Waals surface area contributed by atoms with Crippen molar-refractivity contribution in [2.75, 3.05) is 46.1 Å². The van der Waals surface area contributed by atoms with Gasteiger partial charge in [-0.3, -0.25) is 4.90 Å². The molecule has 0 aromatic carbocycles. The van der Waals surface area contributed by atoms with Crippen LogP contribution in [-0.4, -0.2) is 57.1 Å². The van der Waals surface area contributed by atoms with Gasteiger partial charge in [-0.05, 0) is 6.92 Å². The summed E-state index contributed by atoms with van der Waals surface area (Å²) < 4.78 is 14.7. The molecule has 0 radical (unpaired) electrons. The lowest BCUT2D eigenvalue weighted by molar-refractivity contribution is 0.0169. The van der Waals surface area contributed by atoms with Crippen molar-refractivity contribution in [2.45, 2.75) is 6.92 Å². The normalized spacial score (nSPS) is 17.8. The zero-order valence-corrected chi connectivity index (χ0v) is 8.53. The molecule has 0 N–H and O–H groups in total.